The fourth-order valence-corrected chi connectivity index (χ4v) is 3.58. The molecule has 0 aromatic carbocycles. The lowest BCUT2D eigenvalue weighted by Gasteiger charge is -2.21. The predicted octanol–water partition coefficient (Wildman–Crippen LogP) is 4.71. The van der Waals surface area contributed by atoms with Crippen molar-refractivity contribution in [2.24, 2.45) is 0 Å². The van der Waals surface area contributed by atoms with Crippen LogP contribution >= 0.6 is 22.7 Å². The lowest BCUT2D eigenvalue weighted by molar-refractivity contribution is 0.440. The first kappa shape index (κ1) is 13.7. The van der Waals surface area contributed by atoms with Crippen LogP contribution in [0.3, 0.4) is 0 Å². The second-order valence-electron chi connectivity index (χ2n) is 4.54. The molecule has 2 aromatic rings. The summed E-state index contributed by atoms with van der Waals surface area (Å²) in [6.07, 6.45) is 2.37. The second kappa shape index (κ2) is 6.45. The van der Waals surface area contributed by atoms with Gasteiger partial charge in [-0.05, 0) is 31.7 Å². The number of nitrogens with zero attached hydrogens (tertiary/aromatic N) is 1. The Bertz CT molecular complexity index is 462. The molecule has 98 valence electrons. The minimum atomic E-state index is 0.314. The van der Waals surface area contributed by atoms with Gasteiger partial charge >= 0.3 is 0 Å². The van der Waals surface area contributed by atoms with E-state index < -0.39 is 0 Å². The summed E-state index contributed by atoms with van der Waals surface area (Å²) in [5.74, 6) is 0. The number of hydrogen-bond donors (Lipinski definition) is 1. The SMILES string of the molecule is CCCC(NC(C)c1csc(C)n1)c1cccs1. The maximum absolute atomic E-state index is 4.56. The summed E-state index contributed by atoms with van der Waals surface area (Å²) in [7, 11) is 0. The smallest absolute Gasteiger partial charge is 0.0898 e. The predicted molar refractivity (Wildman–Crippen MR) is 80.4 cm³/mol. The topological polar surface area (TPSA) is 24.9 Å². The Morgan fingerprint density at radius 2 is 2.22 bits per heavy atom. The molecular formula is C14H20N2S2. The van der Waals surface area contributed by atoms with E-state index in [9.17, 15) is 0 Å². The van der Waals surface area contributed by atoms with Crippen LogP contribution < -0.4 is 5.32 Å². The van der Waals surface area contributed by atoms with Crippen molar-refractivity contribution in [3.63, 3.8) is 0 Å². The highest BCUT2D eigenvalue weighted by molar-refractivity contribution is 7.10. The first-order valence-electron chi connectivity index (χ1n) is 6.42. The lowest BCUT2D eigenvalue weighted by Crippen LogP contribution is -2.24. The molecular weight excluding hydrogens is 260 g/mol. The Hall–Kier alpha value is -0.710. The van der Waals surface area contributed by atoms with Gasteiger partial charge in [0, 0.05) is 22.3 Å². The van der Waals surface area contributed by atoms with Gasteiger partial charge in [0.25, 0.3) is 0 Å². The minimum Gasteiger partial charge on any atom is -0.301 e. The van der Waals surface area contributed by atoms with E-state index in [2.05, 4.69) is 54.0 Å². The highest BCUT2D eigenvalue weighted by atomic mass is 32.1. The third kappa shape index (κ3) is 3.40. The molecule has 18 heavy (non-hydrogen) atoms. The summed E-state index contributed by atoms with van der Waals surface area (Å²) >= 11 is 3.56. The van der Waals surface area contributed by atoms with Crippen molar-refractivity contribution in [1.29, 1.82) is 0 Å². The normalized spacial score (nSPS) is 14.6. The quantitative estimate of drug-likeness (QED) is 0.829. The summed E-state index contributed by atoms with van der Waals surface area (Å²) in [4.78, 5) is 5.99. The van der Waals surface area contributed by atoms with Crippen molar-refractivity contribution in [3.8, 4) is 0 Å². The van der Waals surface area contributed by atoms with Gasteiger partial charge in [0.05, 0.1) is 10.7 Å². The molecule has 4 heteroatoms. The average Bonchev–Trinajstić information content (AvgIpc) is 2.98. The zero-order valence-electron chi connectivity index (χ0n) is 11.1. The van der Waals surface area contributed by atoms with Crippen molar-refractivity contribution in [2.45, 2.75) is 45.7 Å². The van der Waals surface area contributed by atoms with Gasteiger partial charge in [0.2, 0.25) is 0 Å². The highest BCUT2D eigenvalue weighted by Crippen LogP contribution is 2.27. The number of thiazole rings is 1. The monoisotopic (exact) mass is 280 g/mol. The molecule has 0 bridgehead atoms. The van der Waals surface area contributed by atoms with Crippen LogP contribution in [0.1, 0.15) is 54.4 Å². The van der Waals surface area contributed by atoms with Crippen LogP contribution in [0.25, 0.3) is 0 Å². The zero-order chi connectivity index (χ0) is 13.0. The Morgan fingerprint density at radius 1 is 1.39 bits per heavy atom. The van der Waals surface area contributed by atoms with Crippen molar-refractivity contribution in [3.05, 3.63) is 38.5 Å². The van der Waals surface area contributed by atoms with Crippen molar-refractivity contribution in [1.82, 2.24) is 10.3 Å². The fourth-order valence-electron chi connectivity index (χ4n) is 2.05. The first-order valence-corrected chi connectivity index (χ1v) is 8.18. The van der Waals surface area contributed by atoms with Crippen LogP contribution in [0.15, 0.2) is 22.9 Å². The summed E-state index contributed by atoms with van der Waals surface area (Å²) in [5, 5.41) is 9.15. The molecule has 0 amide bonds. The molecule has 2 aromatic heterocycles. The number of rotatable bonds is 6. The van der Waals surface area contributed by atoms with Crippen LogP contribution in [-0.4, -0.2) is 4.98 Å². The maximum Gasteiger partial charge on any atom is 0.0898 e. The third-order valence-electron chi connectivity index (χ3n) is 3.00. The van der Waals surface area contributed by atoms with E-state index in [0.717, 1.165) is 10.7 Å². The van der Waals surface area contributed by atoms with Crippen molar-refractivity contribution >= 4 is 22.7 Å². The number of nitrogens with one attached hydrogen (secondary N) is 1. The van der Waals surface area contributed by atoms with E-state index in [1.54, 1.807) is 11.3 Å². The molecule has 0 saturated heterocycles. The lowest BCUT2D eigenvalue weighted by atomic mass is 10.1. The number of thiophene rings is 1. The van der Waals surface area contributed by atoms with Crippen LogP contribution in [0.5, 0.6) is 0 Å². The zero-order valence-corrected chi connectivity index (χ0v) is 12.8. The molecule has 1 N–H and O–H groups in total. The van der Waals surface area contributed by atoms with Gasteiger partial charge in [0.15, 0.2) is 0 Å². The Kier molecular flexibility index (Phi) is 4.92. The van der Waals surface area contributed by atoms with Crippen LogP contribution in [0, 0.1) is 6.92 Å². The molecule has 0 aliphatic rings. The van der Waals surface area contributed by atoms with Gasteiger partial charge in [-0.15, -0.1) is 22.7 Å². The fraction of sp³-hybridized carbons (Fsp3) is 0.500. The minimum absolute atomic E-state index is 0.314. The summed E-state index contributed by atoms with van der Waals surface area (Å²) in [6.45, 7) is 6.49. The Labute approximate surface area is 117 Å². The van der Waals surface area contributed by atoms with Crippen LogP contribution in [-0.2, 0) is 0 Å². The molecule has 2 heterocycles. The Morgan fingerprint density at radius 3 is 2.78 bits per heavy atom. The number of hydrogen-bond acceptors (Lipinski definition) is 4. The summed E-state index contributed by atoms with van der Waals surface area (Å²) < 4.78 is 0. The molecule has 0 aliphatic heterocycles. The van der Waals surface area contributed by atoms with E-state index in [0.29, 0.717) is 12.1 Å². The van der Waals surface area contributed by atoms with Crippen LogP contribution in [0.4, 0.5) is 0 Å². The van der Waals surface area contributed by atoms with E-state index in [1.807, 2.05) is 11.3 Å². The summed E-state index contributed by atoms with van der Waals surface area (Å²) in [6, 6.07) is 5.11. The molecule has 0 aliphatic carbocycles. The molecule has 0 spiro atoms. The van der Waals surface area contributed by atoms with Gasteiger partial charge in [-0.2, -0.15) is 0 Å². The molecule has 2 nitrogen and oxygen atoms in total. The molecule has 2 unspecified atom stereocenters. The third-order valence-corrected chi connectivity index (χ3v) is 4.77. The van der Waals surface area contributed by atoms with E-state index in [1.165, 1.54) is 17.7 Å². The van der Waals surface area contributed by atoms with Crippen molar-refractivity contribution < 1.29 is 0 Å². The van der Waals surface area contributed by atoms with Gasteiger partial charge < -0.3 is 5.32 Å². The maximum atomic E-state index is 4.56. The molecule has 0 saturated carbocycles. The highest BCUT2D eigenvalue weighted by Gasteiger charge is 2.16. The van der Waals surface area contributed by atoms with Gasteiger partial charge in [-0.25, -0.2) is 4.98 Å². The van der Waals surface area contributed by atoms with Gasteiger partial charge in [-0.3, -0.25) is 0 Å². The Balaban J connectivity index is 2.05. The molecule has 2 rings (SSSR count). The van der Waals surface area contributed by atoms with Gasteiger partial charge in [-0.1, -0.05) is 19.4 Å². The molecule has 0 fully saturated rings. The number of aryl methyl sites for hydroxylation is 1. The second-order valence-corrected chi connectivity index (χ2v) is 6.58. The average molecular weight is 280 g/mol. The van der Waals surface area contributed by atoms with E-state index in [4.69, 9.17) is 0 Å². The van der Waals surface area contributed by atoms with E-state index in [-0.39, 0.29) is 0 Å². The largest absolute Gasteiger partial charge is 0.301 e. The standard InChI is InChI=1S/C14H20N2S2/c1-4-6-12(14-7-5-8-17-14)15-10(2)13-9-18-11(3)16-13/h5,7-10,12,15H,4,6H2,1-3H3. The van der Waals surface area contributed by atoms with Gasteiger partial charge in [0.1, 0.15) is 0 Å². The van der Waals surface area contributed by atoms with Crippen molar-refractivity contribution in [2.75, 3.05) is 0 Å². The van der Waals surface area contributed by atoms with E-state index >= 15 is 0 Å². The van der Waals surface area contributed by atoms with Crippen LogP contribution in [0.2, 0.25) is 0 Å². The summed E-state index contributed by atoms with van der Waals surface area (Å²) in [5.41, 5.74) is 1.16. The molecule has 0 radical (unpaired) electrons. The first-order chi connectivity index (χ1) is 8.70. The molecule has 2 atom stereocenters. The number of aromatic nitrogens is 1.